The summed E-state index contributed by atoms with van der Waals surface area (Å²) in [6.45, 7) is 1.97. The molecular formula is C16H15ClN2O3. The summed E-state index contributed by atoms with van der Waals surface area (Å²) in [4.78, 5) is 15.2. The molecule has 0 bridgehead atoms. The summed E-state index contributed by atoms with van der Waals surface area (Å²) in [7, 11) is 1.57. The van der Waals surface area contributed by atoms with E-state index in [4.69, 9.17) is 21.5 Å². The van der Waals surface area contributed by atoms with Gasteiger partial charge >= 0.3 is 0 Å². The molecule has 2 rings (SSSR count). The lowest BCUT2D eigenvalue weighted by molar-refractivity contribution is -0.124. The van der Waals surface area contributed by atoms with E-state index in [-0.39, 0.29) is 0 Å². The van der Waals surface area contributed by atoms with Gasteiger partial charge in [0.1, 0.15) is 0 Å². The number of methoxy groups -OCH3 is 1. The first-order valence-electron chi connectivity index (χ1n) is 6.48. The minimum absolute atomic E-state index is 0.495. The van der Waals surface area contributed by atoms with E-state index >= 15 is 0 Å². The van der Waals surface area contributed by atoms with Crippen LogP contribution in [0.25, 0.3) is 17.2 Å². The van der Waals surface area contributed by atoms with E-state index in [9.17, 15) is 4.79 Å². The predicted octanol–water partition coefficient (Wildman–Crippen LogP) is 3.24. The molecule has 6 heteroatoms. The molecule has 1 aromatic heterocycles. The number of rotatable bonds is 4. The van der Waals surface area contributed by atoms with Gasteiger partial charge in [0.25, 0.3) is 5.91 Å². The summed E-state index contributed by atoms with van der Waals surface area (Å²) in [5, 5.41) is 8.94. The second kappa shape index (κ2) is 7.06. The zero-order chi connectivity index (χ0) is 16.1. The summed E-state index contributed by atoms with van der Waals surface area (Å²) in [5.74, 6) is -0.0581. The summed E-state index contributed by atoms with van der Waals surface area (Å²) < 4.78 is 5.09. The Balaban J connectivity index is 2.33. The van der Waals surface area contributed by atoms with Crippen molar-refractivity contribution < 1.29 is 14.7 Å². The Morgan fingerprint density at radius 3 is 2.77 bits per heavy atom. The number of hydrogen-bond donors (Lipinski definition) is 2. The number of aryl methyl sites for hydroxylation is 1. The van der Waals surface area contributed by atoms with Crippen LogP contribution in [0, 0.1) is 6.92 Å². The highest BCUT2D eigenvalue weighted by atomic mass is 35.5. The minimum Gasteiger partial charge on any atom is -0.481 e. The Bertz CT molecular complexity index is 729. The third kappa shape index (κ3) is 3.63. The lowest BCUT2D eigenvalue weighted by Gasteiger charge is -2.09. The average molecular weight is 319 g/mol. The fraction of sp³-hybridized carbons (Fsp3) is 0.125. The van der Waals surface area contributed by atoms with Gasteiger partial charge in [0.15, 0.2) is 0 Å². The SMILES string of the molecule is COc1cc(C)c(-c2ccc(/C=C/C(=O)NO)c(Cl)c2)cn1. The van der Waals surface area contributed by atoms with Gasteiger partial charge in [-0.2, -0.15) is 0 Å². The fourth-order valence-corrected chi connectivity index (χ4v) is 2.22. The smallest absolute Gasteiger partial charge is 0.267 e. The second-order valence-corrected chi connectivity index (χ2v) is 4.99. The largest absolute Gasteiger partial charge is 0.481 e. The first kappa shape index (κ1) is 16.0. The van der Waals surface area contributed by atoms with Gasteiger partial charge in [-0.1, -0.05) is 23.7 Å². The van der Waals surface area contributed by atoms with E-state index in [2.05, 4.69) is 4.98 Å². The van der Waals surface area contributed by atoms with Gasteiger partial charge in [0.2, 0.25) is 5.88 Å². The van der Waals surface area contributed by atoms with E-state index in [0.717, 1.165) is 16.7 Å². The summed E-state index contributed by atoms with van der Waals surface area (Å²) in [6, 6.07) is 7.33. The molecule has 0 saturated heterocycles. The third-order valence-corrected chi connectivity index (χ3v) is 3.46. The fourth-order valence-electron chi connectivity index (χ4n) is 1.98. The highest BCUT2D eigenvalue weighted by Crippen LogP contribution is 2.29. The van der Waals surface area contributed by atoms with Crippen molar-refractivity contribution in [2.24, 2.45) is 0 Å². The maximum Gasteiger partial charge on any atom is 0.267 e. The van der Waals surface area contributed by atoms with Crippen LogP contribution >= 0.6 is 11.6 Å². The van der Waals surface area contributed by atoms with E-state index in [1.807, 2.05) is 19.1 Å². The molecule has 0 fully saturated rings. The Labute approximate surface area is 133 Å². The molecule has 0 aliphatic rings. The number of carbonyl (C=O) groups excluding carboxylic acids is 1. The summed E-state index contributed by atoms with van der Waals surface area (Å²) >= 11 is 6.23. The normalized spacial score (nSPS) is 10.7. The molecule has 0 aliphatic carbocycles. The van der Waals surface area contributed by atoms with Crippen LogP contribution < -0.4 is 10.2 Å². The monoisotopic (exact) mass is 318 g/mol. The van der Waals surface area contributed by atoms with Crippen molar-refractivity contribution in [3.05, 3.63) is 52.7 Å². The molecule has 114 valence electrons. The number of amides is 1. The number of aromatic nitrogens is 1. The number of hydrogen-bond acceptors (Lipinski definition) is 4. The van der Waals surface area contributed by atoms with E-state index in [0.29, 0.717) is 16.5 Å². The van der Waals surface area contributed by atoms with Crippen LogP contribution in [0.2, 0.25) is 5.02 Å². The standard InChI is InChI=1S/C16H15ClN2O3/c1-10-7-16(22-2)18-9-13(10)12-4-3-11(14(17)8-12)5-6-15(20)19-21/h3-9,21H,1-2H3,(H,19,20)/b6-5+. The maximum atomic E-state index is 11.0. The van der Waals surface area contributed by atoms with Gasteiger partial charge in [-0.25, -0.2) is 10.5 Å². The molecule has 5 nitrogen and oxygen atoms in total. The van der Waals surface area contributed by atoms with E-state index < -0.39 is 5.91 Å². The van der Waals surface area contributed by atoms with E-state index in [1.165, 1.54) is 17.6 Å². The first-order chi connectivity index (χ1) is 10.5. The molecule has 0 atom stereocenters. The number of hydroxylamine groups is 1. The number of nitrogens with zero attached hydrogens (tertiary/aromatic N) is 1. The average Bonchev–Trinajstić information content (AvgIpc) is 2.53. The molecule has 0 spiro atoms. The van der Waals surface area contributed by atoms with Gasteiger partial charge < -0.3 is 4.74 Å². The third-order valence-electron chi connectivity index (χ3n) is 3.13. The summed E-state index contributed by atoms with van der Waals surface area (Å²) in [6.07, 6.45) is 4.45. The molecule has 1 aromatic carbocycles. The number of ether oxygens (including phenoxy) is 1. The highest BCUT2D eigenvalue weighted by Gasteiger charge is 2.07. The predicted molar refractivity (Wildman–Crippen MR) is 84.9 cm³/mol. The van der Waals surface area contributed by atoms with Crippen molar-refractivity contribution in [3.8, 4) is 17.0 Å². The van der Waals surface area contributed by atoms with E-state index in [1.54, 1.807) is 25.4 Å². The Hall–Kier alpha value is -2.37. The molecule has 0 aliphatic heterocycles. The Morgan fingerprint density at radius 2 is 2.18 bits per heavy atom. The van der Waals surface area contributed by atoms with Crippen molar-refractivity contribution in [1.82, 2.24) is 10.5 Å². The van der Waals surface area contributed by atoms with Gasteiger partial charge in [-0.3, -0.25) is 10.0 Å². The second-order valence-electron chi connectivity index (χ2n) is 4.59. The molecule has 2 aromatic rings. The van der Waals surface area contributed by atoms with Crippen molar-refractivity contribution in [3.63, 3.8) is 0 Å². The van der Waals surface area contributed by atoms with Crippen molar-refractivity contribution in [2.45, 2.75) is 6.92 Å². The molecule has 22 heavy (non-hydrogen) atoms. The zero-order valence-electron chi connectivity index (χ0n) is 12.1. The van der Waals surface area contributed by atoms with Crippen molar-refractivity contribution in [2.75, 3.05) is 7.11 Å². The first-order valence-corrected chi connectivity index (χ1v) is 6.85. The molecular weight excluding hydrogens is 304 g/mol. The van der Waals surface area contributed by atoms with Crippen LogP contribution in [-0.2, 0) is 4.79 Å². The molecule has 1 heterocycles. The maximum absolute atomic E-state index is 11.0. The van der Waals surface area contributed by atoms with Crippen molar-refractivity contribution >= 4 is 23.6 Å². The number of benzene rings is 1. The molecule has 1 amide bonds. The lowest BCUT2D eigenvalue weighted by Crippen LogP contribution is -2.14. The quantitative estimate of drug-likeness (QED) is 0.516. The van der Waals surface area contributed by atoms with Crippen LogP contribution in [0.3, 0.4) is 0 Å². The Kier molecular flexibility index (Phi) is 5.14. The van der Waals surface area contributed by atoms with Gasteiger partial charge in [-0.15, -0.1) is 0 Å². The Morgan fingerprint density at radius 1 is 1.41 bits per heavy atom. The zero-order valence-corrected chi connectivity index (χ0v) is 12.9. The molecule has 2 N–H and O–H groups in total. The minimum atomic E-state index is -0.615. The van der Waals surface area contributed by atoms with Crippen LogP contribution in [0.15, 0.2) is 36.5 Å². The topological polar surface area (TPSA) is 71.5 Å². The highest BCUT2D eigenvalue weighted by molar-refractivity contribution is 6.32. The lowest BCUT2D eigenvalue weighted by atomic mass is 10.0. The summed E-state index contributed by atoms with van der Waals surface area (Å²) in [5.41, 5.74) is 5.08. The van der Waals surface area contributed by atoms with Crippen LogP contribution in [-0.4, -0.2) is 23.2 Å². The van der Waals surface area contributed by atoms with Crippen LogP contribution in [0.4, 0.5) is 0 Å². The number of pyridine rings is 1. The molecule has 0 radical (unpaired) electrons. The van der Waals surface area contributed by atoms with Crippen LogP contribution in [0.5, 0.6) is 5.88 Å². The number of halogens is 1. The van der Waals surface area contributed by atoms with Gasteiger partial charge in [0.05, 0.1) is 7.11 Å². The van der Waals surface area contributed by atoms with Gasteiger partial charge in [-0.05, 0) is 35.8 Å². The number of nitrogens with one attached hydrogen (secondary N) is 1. The molecule has 0 saturated carbocycles. The molecule has 0 unspecified atom stereocenters. The van der Waals surface area contributed by atoms with Gasteiger partial charge in [0, 0.05) is 28.9 Å². The van der Waals surface area contributed by atoms with Crippen LogP contribution in [0.1, 0.15) is 11.1 Å². The number of carbonyl (C=O) groups is 1. The van der Waals surface area contributed by atoms with Crippen molar-refractivity contribution in [1.29, 1.82) is 0 Å².